The Kier molecular flexibility index (Phi) is 5.49. The van der Waals surface area contributed by atoms with Crippen molar-refractivity contribution in [2.45, 2.75) is 26.1 Å². The van der Waals surface area contributed by atoms with Gasteiger partial charge in [0.15, 0.2) is 0 Å². The monoisotopic (exact) mass is 284 g/mol. The molecule has 4 heteroatoms. The van der Waals surface area contributed by atoms with Gasteiger partial charge in [-0.15, -0.1) is 0 Å². The fourth-order valence-corrected chi connectivity index (χ4v) is 2.13. The van der Waals surface area contributed by atoms with Crippen LogP contribution in [0.4, 0.5) is 0 Å². The Bertz CT molecular complexity index is 594. The van der Waals surface area contributed by atoms with E-state index in [1.54, 1.807) is 0 Å². The summed E-state index contributed by atoms with van der Waals surface area (Å²) in [6.45, 7) is 0.948. The Morgan fingerprint density at radius 3 is 2.24 bits per heavy atom. The molecule has 0 saturated carbocycles. The fraction of sp³-hybridized carbons (Fsp3) is 0.235. The Hall–Kier alpha value is -2.17. The molecule has 21 heavy (non-hydrogen) atoms. The van der Waals surface area contributed by atoms with Crippen LogP contribution in [0.15, 0.2) is 48.5 Å². The van der Waals surface area contributed by atoms with Gasteiger partial charge in [0.05, 0.1) is 13.0 Å². The summed E-state index contributed by atoms with van der Waals surface area (Å²) in [6, 6.07) is 15.2. The first-order chi connectivity index (χ1) is 10.2. The molecule has 2 aromatic rings. The second kappa shape index (κ2) is 7.57. The van der Waals surface area contributed by atoms with Gasteiger partial charge in [-0.3, -0.25) is 4.79 Å². The van der Waals surface area contributed by atoms with Crippen LogP contribution in [0.2, 0.25) is 0 Å². The number of carbonyl (C=O) groups is 1. The van der Waals surface area contributed by atoms with E-state index in [0.29, 0.717) is 19.5 Å². The van der Waals surface area contributed by atoms with E-state index in [0.717, 1.165) is 22.3 Å². The van der Waals surface area contributed by atoms with Crippen molar-refractivity contribution in [1.29, 1.82) is 0 Å². The molecule has 1 amide bonds. The van der Waals surface area contributed by atoms with E-state index < -0.39 is 0 Å². The van der Waals surface area contributed by atoms with E-state index in [9.17, 15) is 4.79 Å². The number of carbonyl (C=O) groups excluding carboxylic acids is 1. The van der Waals surface area contributed by atoms with E-state index in [-0.39, 0.29) is 12.5 Å². The zero-order valence-electron chi connectivity index (χ0n) is 11.9. The first kappa shape index (κ1) is 15.2. The lowest BCUT2D eigenvalue weighted by molar-refractivity contribution is -0.120. The molecule has 4 N–H and O–H groups in total. The number of rotatable bonds is 6. The maximum Gasteiger partial charge on any atom is 0.224 e. The molecule has 2 aromatic carbocycles. The number of benzene rings is 2. The number of hydrogen-bond donors (Lipinski definition) is 3. The van der Waals surface area contributed by atoms with E-state index in [4.69, 9.17) is 10.8 Å². The van der Waals surface area contributed by atoms with Gasteiger partial charge in [-0.2, -0.15) is 0 Å². The van der Waals surface area contributed by atoms with E-state index >= 15 is 0 Å². The highest BCUT2D eigenvalue weighted by molar-refractivity contribution is 5.78. The summed E-state index contributed by atoms with van der Waals surface area (Å²) in [6.07, 6.45) is 0.335. The van der Waals surface area contributed by atoms with E-state index in [1.165, 1.54) is 0 Å². The van der Waals surface area contributed by atoms with Crippen molar-refractivity contribution in [1.82, 2.24) is 5.32 Å². The Morgan fingerprint density at radius 2 is 1.62 bits per heavy atom. The molecule has 0 aliphatic heterocycles. The summed E-state index contributed by atoms with van der Waals surface area (Å²) in [5.74, 6) is -0.0258. The Morgan fingerprint density at radius 1 is 1.00 bits per heavy atom. The minimum absolute atomic E-state index is 0.0258. The van der Waals surface area contributed by atoms with Crippen LogP contribution in [0.5, 0.6) is 0 Å². The number of aliphatic hydroxyl groups excluding tert-OH is 1. The molecular weight excluding hydrogens is 264 g/mol. The normalized spacial score (nSPS) is 10.4. The number of nitrogens with one attached hydrogen (secondary N) is 1. The molecule has 0 bridgehead atoms. The standard InChI is InChI=1S/C17H20N2O2/c18-10-16-4-2-1-3-15(16)9-17(21)19-11-13-5-7-14(12-20)8-6-13/h1-8,20H,9-12,18H2,(H,19,21). The zero-order valence-corrected chi connectivity index (χ0v) is 11.9. The molecule has 0 radical (unpaired) electrons. The number of amides is 1. The summed E-state index contributed by atoms with van der Waals surface area (Å²) >= 11 is 0. The van der Waals surface area contributed by atoms with Crippen LogP contribution in [0.3, 0.4) is 0 Å². The van der Waals surface area contributed by atoms with Gasteiger partial charge in [-0.1, -0.05) is 48.5 Å². The van der Waals surface area contributed by atoms with Gasteiger partial charge in [0.1, 0.15) is 0 Å². The second-order valence-corrected chi connectivity index (χ2v) is 4.90. The number of aliphatic hydroxyl groups is 1. The third kappa shape index (κ3) is 4.41. The lowest BCUT2D eigenvalue weighted by Gasteiger charge is -2.09. The Labute approximate surface area is 124 Å². The van der Waals surface area contributed by atoms with Crippen molar-refractivity contribution in [3.05, 3.63) is 70.8 Å². The average Bonchev–Trinajstić information content (AvgIpc) is 2.54. The summed E-state index contributed by atoms with van der Waals surface area (Å²) < 4.78 is 0. The van der Waals surface area contributed by atoms with Gasteiger partial charge in [0.25, 0.3) is 0 Å². The van der Waals surface area contributed by atoms with Crippen molar-refractivity contribution in [3.8, 4) is 0 Å². The van der Waals surface area contributed by atoms with Gasteiger partial charge < -0.3 is 16.2 Å². The molecular formula is C17H20N2O2. The smallest absolute Gasteiger partial charge is 0.224 e. The molecule has 0 heterocycles. The van der Waals surface area contributed by atoms with Crippen LogP contribution in [0, 0.1) is 0 Å². The molecule has 110 valence electrons. The lowest BCUT2D eigenvalue weighted by atomic mass is 10.0. The van der Waals surface area contributed by atoms with Crippen LogP contribution < -0.4 is 11.1 Å². The molecule has 4 nitrogen and oxygen atoms in total. The van der Waals surface area contributed by atoms with Gasteiger partial charge in [0, 0.05) is 13.1 Å². The van der Waals surface area contributed by atoms with Crippen molar-refractivity contribution >= 4 is 5.91 Å². The third-order valence-electron chi connectivity index (χ3n) is 3.38. The number of hydrogen-bond acceptors (Lipinski definition) is 3. The fourth-order valence-electron chi connectivity index (χ4n) is 2.13. The van der Waals surface area contributed by atoms with Crippen molar-refractivity contribution in [2.24, 2.45) is 5.73 Å². The third-order valence-corrected chi connectivity index (χ3v) is 3.38. The highest BCUT2D eigenvalue weighted by atomic mass is 16.3. The largest absolute Gasteiger partial charge is 0.392 e. The SMILES string of the molecule is NCc1ccccc1CC(=O)NCc1ccc(CO)cc1. The van der Waals surface area contributed by atoms with Crippen LogP contribution in [-0.2, 0) is 30.9 Å². The first-order valence-electron chi connectivity index (χ1n) is 6.95. The molecule has 0 aliphatic rings. The zero-order chi connectivity index (χ0) is 15.1. The topological polar surface area (TPSA) is 75.4 Å². The highest BCUT2D eigenvalue weighted by Crippen LogP contribution is 2.09. The van der Waals surface area contributed by atoms with Crippen molar-refractivity contribution in [3.63, 3.8) is 0 Å². The molecule has 0 atom stereocenters. The maximum atomic E-state index is 12.0. The Balaban J connectivity index is 1.89. The lowest BCUT2D eigenvalue weighted by Crippen LogP contribution is -2.25. The first-order valence-corrected chi connectivity index (χ1v) is 6.95. The minimum atomic E-state index is -0.0258. The molecule has 0 unspecified atom stereocenters. The van der Waals surface area contributed by atoms with Crippen LogP contribution in [-0.4, -0.2) is 11.0 Å². The summed E-state index contributed by atoms with van der Waals surface area (Å²) in [7, 11) is 0. The van der Waals surface area contributed by atoms with E-state index in [2.05, 4.69) is 5.32 Å². The molecule has 0 aromatic heterocycles. The van der Waals surface area contributed by atoms with Gasteiger partial charge in [-0.25, -0.2) is 0 Å². The number of nitrogens with two attached hydrogens (primary N) is 1. The van der Waals surface area contributed by atoms with E-state index in [1.807, 2.05) is 48.5 Å². The quantitative estimate of drug-likeness (QED) is 0.752. The maximum absolute atomic E-state index is 12.0. The van der Waals surface area contributed by atoms with Gasteiger partial charge >= 0.3 is 0 Å². The van der Waals surface area contributed by atoms with Crippen molar-refractivity contribution in [2.75, 3.05) is 0 Å². The molecule has 0 fully saturated rings. The molecule has 0 saturated heterocycles. The van der Waals surface area contributed by atoms with Crippen molar-refractivity contribution < 1.29 is 9.90 Å². The summed E-state index contributed by atoms with van der Waals surface area (Å²) in [5.41, 5.74) is 9.50. The van der Waals surface area contributed by atoms with Crippen LogP contribution >= 0.6 is 0 Å². The summed E-state index contributed by atoms with van der Waals surface area (Å²) in [4.78, 5) is 12.0. The average molecular weight is 284 g/mol. The summed E-state index contributed by atoms with van der Waals surface area (Å²) in [5, 5.41) is 11.9. The van der Waals surface area contributed by atoms with Crippen LogP contribution in [0.1, 0.15) is 22.3 Å². The molecule has 0 spiro atoms. The van der Waals surface area contributed by atoms with Crippen LogP contribution in [0.25, 0.3) is 0 Å². The predicted octanol–water partition coefficient (Wildman–Crippen LogP) is 1.50. The molecule has 2 rings (SSSR count). The molecule has 0 aliphatic carbocycles. The van der Waals surface area contributed by atoms with Gasteiger partial charge in [0.2, 0.25) is 5.91 Å². The minimum Gasteiger partial charge on any atom is -0.392 e. The predicted molar refractivity (Wildman–Crippen MR) is 82.2 cm³/mol. The highest BCUT2D eigenvalue weighted by Gasteiger charge is 2.06. The van der Waals surface area contributed by atoms with Gasteiger partial charge in [-0.05, 0) is 22.3 Å². The second-order valence-electron chi connectivity index (χ2n) is 4.90.